The van der Waals surface area contributed by atoms with Gasteiger partial charge in [-0.05, 0) is 49.3 Å². The lowest BCUT2D eigenvalue weighted by Crippen LogP contribution is -2.60. The van der Waals surface area contributed by atoms with Crippen LogP contribution in [0.1, 0.15) is 29.6 Å². The van der Waals surface area contributed by atoms with E-state index in [0.717, 1.165) is 12.5 Å². The van der Waals surface area contributed by atoms with E-state index in [9.17, 15) is 9.59 Å². The maximum Gasteiger partial charge on any atom is 0.255 e. The highest BCUT2D eigenvalue weighted by atomic mass is 16.5. The average molecular weight is 330 g/mol. The first-order valence-corrected chi connectivity index (χ1v) is 8.48. The Hall–Kier alpha value is -2.24. The van der Waals surface area contributed by atoms with Crippen LogP contribution in [0.25, 0.3) is 0 Å². The zero-order chi connectivity index (χ0) is 16.8. The summed E-state index contributed by atoms with van der Waals surface area (Å²) < 4.78 is 10.6. The predicted octanol–water partition coefficient (Wildman–Crippen LogP) is 1.43. The minimum atomic E-state index is -0.555. The Balaban J connectivity index is 1.50. The molecular weight excluding hydrogens is 308 g/mol. The summed E-state index contributed by atoms with van der Waals surface area (Å²) in [6.45, 7) is 0.662. The fraction of sp³-hybridized carbons (Fsp3) is 0.556. The third-order valence-electron chi connectivity index (χ3n) is 5.85. The quantitative estimate of drug-likeness (QED) is 0.885. The molecule has 4 atom stereocenters. The molecule has 1 saturated heterocycles. The SMILES string of the molecule is COc1cc(C(=O)N2C[C@@H]3[C@H]4CC[C@@H](C4)[C@H]32)ccc1OCC(N)=O. The number of ether oxygens (including phenoxy) is 2. The van der Waals surface area contributed by atoms with Gasteiger partial charge < -0.3 is 20.1 Å². The lowest BCUT2D eigenvalue weighted by molar-refractivity contribution is -0.119. The Morgan fingerprint density at radius 2 is 2.04 bits per heavy atom. The molecule has 4 rings (SSSR count). The van der Waals surface area contributed by atoms with Gasteiger partial charge >= 0.3 is 0 Å². The summed E-state index contributed by atoms with van der Waals surface area (Å²) in [6, 6.07) is 5.50. The largest absolute Gasteiger partial charge is 0.493 e. The van der Waals surface area contributed by atoms with Crippen LogP contribution in [0.15, 0.2) is 18.2 Å². The third kappa shape index (κ3) is 2.32. The molecule has 0 radical (unpaired) electrons. The Morgan fingerprint density at radius 3 is 2.75 bits per heavy atom. The van der Waals surface area contributed by atoms with Gasteiger partial charge in [0.15, 0.2) is 18.1 Å². The first-order chi connectivity index (χ1) is 11.6. The number of nitrogens with two attached hydrogens (primary N) is 1. The summed E-state index contributed by atoms with van der Waals surface area (Å²) in [5, 5.41) is 0. The number of hydrogen-bond acceptors (Lipinski definition) is 4. The number of methoxy groups -OCH3 is 1. The number of benzene rings is 1. The maximum atomic E-state index is 12.8. The molecule has 2 amide bonds. The fourth-order valence-corrected chi connectivity index (χ4v) is 4.79. The second-order valence-corrected chi connectivity index (χ2v) is 7.07. The summed E-state index contributed by atoms with van der Waals surface area (Å²) >= 11 is 0. The van der Waals surface area contributed by atoms with Crippen LogP contribution in [-0.2, 0) is 4.79 Å². The van der Waals surface area contributed by atoms with Gasteiger partial charge in [-0.25, -0.2) is 0 Å². The number of rotatable bonds is 5. The number of fused-ring (bicyclic) bond motifs is 5. The molecule has 6 heteroatoms. The molecule has 0 spiro atoms. The van der Waals surface area contributed by atoms with Gasteiger partial charge in [-0.3, -0.25) is 9.59 Å². The molecule has 2 aliphatic carbocycles. The van der Waals surface area contributed by atoms with E-state index in [0.29, 0.717) is 34.9 Å². The van der Waals surface area contributed by atoms with Crippen LogP contribution < -0.4 is 15.2 Å². The number of carbonyl (C=O) groups excluding carboxylic acids is 2. The smallest absolute Gasteiger partial charge is 0.255 e. The number of nitrogens with zero attached hydrogens (tertiary/aromatic N) is 1. The molecule has 2 bridgehead atoms. The van der Waals surface area contributed by atoms with Crippen LogP contribution in [0.4, 0.5) is 0 Å². The Kier molecular flexibility index (Phi) is 3.62. The van der Waals surface area contributed by atoms with Gasteiger partial charge in [0.05, 0.1) is 7.11 Å². The van der Waals surface area contributed by atoms with E-state index in [2.05, 4.69) is 0 Å². The van der Waals surface area contributed by atoms with Gasteiger partial charge in [0.2, 0.25) is 0 Å². The molecule has 0 unspecified atom stereocenters. The topological polar surface area (TPSA) is 81.9 Å². The van der Waals surface area contributed by atoms with E-state index < -0.39 is 5.91 Å². The van der Waals surface area contributed by atoms with Crippen LogP contribution in [-0.4, -0.2) is 43.0 Å². The average Bonchev–Trinajstić information content (AvgIpc) is 3.09. The number of hydrogen-bond donors (Lipinski definition) is 1. The van der Waals surface area contributed by atoms with Gasteiger partial charge in [-0.15, -0.1) is 0 Å². The molecule has 2 saturated carbocycles. The fourth-order valence-electron chi connectivity index (χ4n) is 4.79. The molecule has 6 nitrogen and oxygen atoms in total. The first-order valence-electron chi connectivity index (χ1n) is 8.48. The third-order valence-corrected chi connectivity index (χ3v) is 5.85. The van der Waals surface area contributed by atoms with Gasteiger partial charge in [-0.2, -0.15) is 0 Å². The number of carbonyl (C=O) groups is 2. The van der Waals surface area contributed by atoms with Gasteiger partial charge in [0.1, 0.15) is 0 Å². The normalized spacial score (nSPS) is 29.8. The Bertz CT molecular complexity index is 688. The summed E-state index contributed by atoms with van der Waals surface area (Å²) in [4.78, 5) is 25.7. The summed E-state index contributed by atoms with van der Waals surface area (Å²) in [5.74, 6) is 2.60. The highest BCUT2D eigenvalue weighted by Crippen LogP contribution is 2.55. The van der Waals surface area contributed by atoms with Gasteiger partial charge in [0, 0.05) is 24.1 Å². The zero-order valence-electron chi connectivity index (χ0n) is 13.7. The molecule has 1 aliphatic heterocycles. The van der Waals surface area contributed by atoms with Crippen molar-refractivity contribution in [3.8, 4) is 11.5 Å². The zero-order valence-corrected chi connectivity index (χ0v) is 13.7. The summed E-state index contributed by atoms with van der Waals surface area (Å²) in [6.07, 6.45) is 3.90. The van der Waals surface area contributed by atoms with E-state index in [1.807, 2.05) is 4.90 Å². The molecule has 2 N–H and O–H groups in total. The van der Waals surface area contributed by atoms with Crippen LogP contribution in [0.2, 0.25) is 0 Å². The Labute approximate surface area is 140 Å². The maximum absolute atomic E-state index is 12.8. The van der Waals surface area contributed by atoms with Crippen molar-refractivity contribution < 1.29 is 19.1 Å². The van der Waals surface area contributed by atoms with Crippen LogP contribution in [0.5, 0.6) is 11.5 Å². The van der Waals surface area contributed by atoms with Crippen LogP contribution in [0, 0.1) is 17.8 Å². The summed E-state index contributed by atoms with van der Waals surface area (Å²) in [5.41, 5.74) is 5.69. The van der Waals surface area contributed by atoms with Crippen molar-refractivity contribution in [3.63, 3.8) is 0 Å². The minimum absolute atomic E-state index is 0.0588. The molecular formula is C18H22N2O4. The van der Waals surface area contributed by atoms with Crippen molar-refractivity contribution in [2.45, 2.75) is 25.3 Å². The van der Waals surface area contributed by atoms with E-state index in [-0.39, 0.29) is 12.5 Å². The van der Waals surface area contributed by atoms with E-state index in [1.54, 1.807) is 18.2 Å². The van der Waals surface area contributed by atoms with Crippen molar-refractivity contribution in [1.29, 1.82) is 0 Å². The standard InChI is InChI=1S/C18H22N2O4/c1-23-15-7-12(4-5-14(15)24-9-16(19)21)18(22)20-8-13-10-2-3-11(6-10)17(13)20/h4-5,7,10-11,13,17H,2-3,6,8-9H2,1H3,(H2,19,21)/t10-,11-,13+,17+/m0/s1. The molecule has 0 aromatic heterocycles. The minimum Gasteiger partial charge on any atom is -0.493 e. The molecule has 3 aliphatic rings. The molecule has 128 valence electrons. The van der Waals surface area contributed by atoms with Crippen molar-refractivity contribution in [3.05, 3.63) is 23.8 Å². The molecule has 1 heterocycles. The van der Waals surface area contributed by atoms with Crippen molar-refractivity contribution >= 4 is 11.8 Å². The van der Waals surface area contributed by atoms with Gasteiger partial charge in [-0.1, -0.05) is 0 Å². The monoisotopic (exact) mass is 330 g/mol. The van der Waals surface area contributed by atoms with E-state index in [4.69, 9.17) is 15.2 Å². The molecule has 1 aromatic rings. The highest BCUT2D eigenvalue weighted by molar-refractivity contribution is 5.95. The van der Waals surface area contributed by atoms with Crippen molar-refractivity contribution in [2.24, 2.45) is 23.5 Å². The second kappa shape index (κ2) is 5.69. The van der Waals surface area contributed by atoms with Crippen molar-refractivity contribution in [1.82, 2.24) is 4.90 Å². The predicted molar refractivity (Wildman–Crippen MR) is 86.8 cm³/mol. The van der Waals surface area contributed by atoms with E-state index in [1.165, 1.54) is 26.4 Å². The summed E-state index contributed by atoms with van der Waals surface area (Å²) in [7, 11) is 1.51. The number of likely N-dealkylation sites (tertiary alicyclic amines) is 1. The Morgan fingerprint density at radius 1 is 1.25 bits per heavy atom. The lowest BCUT2D eigenvalue weighted by Gasteiger charge is -2.50. The van der Waals surface area contributed by atoms with Crippen molar-refractivity contribution in [2.75, 3.05) is 20.3 Å². The number of amides is 2. The molecule has 24 heavy (non-hydrogen) atoms. The number of primary amides is 1. The first kappa shape index (κ1) is 15.3. The molecule has 3 fully saturated rings. The van der Waals surface area contributed by atoms with Gasteiger partial charge in [0.25, 0.3) is 11.8 Å². The van der Waals surface area contributed by atoms with Crippen LogP contribution in [0.3, 0.4) is 0 Å². The van der Waals surface area contributed by atoms with Crippen LogP contribution >= 0.6 is 0 Å². The van der Waals surface area contributed by atoms with E-state index >= 15 is 0 Å². The lowest BCUT2D eigenvalue weighted by atomic mass is 9.76. The molecule has 1 aromatic carbocycles. The second-order valence-electron chi connectivity index (χ2n) is 7.07. The highest BCUT2D eigenvalue weighted by Gasteiger charge is 2.57.